The Morgan fingerprint density at radius 1 is 1.42 bits per heavy atom. The van der Waals surface area contributed by atoms with Gasteiger partial charge in [0.25, 0.3) is 0 Å². The average Bonchev–Trinajstić information content (AvgIpc) is 2.45. The smallest absolute Gasteiger partial charge is 0.348 e. The highest BCUT2D eigenvalue weighted by Crippen LogP contribution is 2.16. The third kappa shape index (κ3) is 5.19. The fourth-order valence-corrected chi connectivity index (χ4v) is 1.80. The van der Waals surface area contributed by atoms with Gasteiger partial charge >= 0.3 is 5.97 Å². The molecule has 1 aromatic rings. The van der Waals surface area contributed by atoms with E-state index in [1.165, 1.54) is 0 Å². The van der Waals surface area contributed by atoms with Crippen LogP contribution in [0.2, 0.25) is 0 Å². The minimum absolute atomic E-state index is 0.0352. The van der Waals surface area contributed by atoms with Crippen molar-refractivity contribution in [1.29, 1.82) is 5.26 Å². The van der Waals surface area contributed by atoms with E-state index < -0.39 is 5.97 Å². The standard InChI is InChI=1S/C15H17NO2S/c1-3-4-9-18-15(17)13(11-16)10-12-5-7-14(19-2)8-6-12/h5-8,10H,3-4,9H2,1-2H3. The molecule has 3 nitrogen and oxygen atoms in total. The quantitative estimate of drug-likeness (QED) is 0.261. The fourth-order valence-electron chi connectivity index (χ4n) is 1.39. The number of esters is 1. The summed E-state index contributed by atoms with van der Waals surface area (Å²) in [6, 6.07) is 9.55. The Hall–Kier alpha value is -1.73. The number of thioether (sulfide) groups is 1. The molecule has 100 valence electrons. The third-order valence-electron chi connectivity index (χ3n) is 2.50. The van der Waals surface area contributed by atoms with Crippen LogP contribution in [-0.4, -0.2) is 18.8 Å². The molecule has 0 saturated carbocycles. The topological polar surface area (TPSA) is 50.1 Å². The molecule has 0 N–H and O–H groups in total. The third-order valence-corrected chi connectivity index (χ3v) is 3.24. The zero-order valence-electron chi connectivity index (χ0n) is 11.2. The van der Waals surface area contributed by atoms with Crippen LogP contribution in [0.5, 0.6) is 0 Å². The fraction of sp³-hybridized carbons (Fsp3) is 0.333. The van der Waals surface area contributed by atoms with Gasteiger partial charge in [0.1, 0.15) is 11.6 Å². The number of hydrogen-bond acceptors (Lipinski definition) is 4. The Morgan fingerprint density at radius 2 is 2.11 bits per heavy atom. The molecule has 0 bridgehead atoms. The zero-order chi connectivity index (χ0) is 14.1. The lowest BCUT2D eigenvalue weighted by molar-refractivity contribution is -0.138. The molecule has 0 aliphatic heterocycles. The van der Waals surface area contributed by atoms with Crippen LogP contribution in [0.3, 0.4) is 0 Å². The van der Waals surface area contributed by atoms with Gasteiger partial charge in [-0.3, -0.25) is 0 Å². The van der Waals surface area contributed by atoms with Crippen molar-refractivity contribution in [1.82, 2.24) is 0 Å². The molecule has 0 unspecified atom stereocenters. The van der Waals surface area contributed by atoms with Crippen LogP contribution in [0.4, 0.5) is 0 Å². The maximum atomic E-state index is 11.7. The molecule has 0 aliphatic carbocycles. The van der Waals surface area contributed by atoms with Gasteiger partial charge in [-0.15, -0.1) is 11.8 Å². The van der Waals surface area contributed by atoms with E-state index in [1.54, 1.807) is 17.8 Å². The number of benzene rings is 1. The second kappa shape index (κ2) is 8.39. The summed E-state index contributed by atoms with van der Waals surface area (Å²) in [5, 5.41) is 8.99. The number of nitrogens with zero attached hydrogens (tertiary/aromatic N) is 1. The van der Waals surface area contributed by atoms with E-state index in [0.717, 1.165) is 23.3 Å². The molecule has 0 fully saturated rings. The highest BCUT2D eigenvalue weighted by atomic mass is 32.2. The summed E-state index contributed by atoms with van der Waals surface area (Å²) < 4.78 is 5.02. The molecule has 0 aliphatic rings. The minimum atomic E-state index is -0.551. The molecule has 0 aromatic heterocycles. The van der Waals surface area contributed by atoms with Gasteiger partial charge in [-0.25, -0.2) is 4.79 Å². The predicted molar refractivity (Wildman–Crippen MR) is 77.7 cm³/mol. The van der Waals surface area contributed by atoms with Crippen LogP contribution in [0, 0.1) is 11.3 Å². The minimum Gasteiger partial charge on any atom is -0.462 e. The molecule has 0 atom stereocenters. The maximum Gasteiger partial charge on any atom is 0.348 e. The summed E-state index contributed by atoms with van der Waals surface area (Å²) in [6.45, 7) is 2.38. The van der Waals surface area contributed by atoms with E-state index in [9.17, 15) is 4.79 Å². The van der Waals surface area contributed by atoms with E-state index >= 15 is 0 Å². The largest absolute Gasteiger partial charge is 0.462 e. The van der Waals surface area contributed by atoms with Gasteiger partial charge in [0.15, 0.2) is 0 Å². The van der Waals surface area contributed by atoms with Gasteiger partial charge in [-0.1, -0.05) is 25.5 Å². The number of ether oxygens (including phenoxy) is 1. The lowest BCUT2D eigenvalue weighted by Gasteiger charge is -2.02. The van der Waals surface area contributed by atoms with Crippen LogP contribution < -0.4 is 0 Å². The van der Waals surface area contributed by atoms with Gasteiger partial charge in [0, 0.05) is 4.90 Å². The molecule has 0 saturated heterocycles. The SMILES string of the molecule is CCCCOC(=O)C(C#N)=Cc1ccc(SC)cc1. The first-order chi connectivity index (χ1) is 9.21. The molecule has 0 heterocycles. The number of hydrogen-bond donors (Lipinski definition) is 0. The highest BCUT2D eigenvalue weighted by Gasteiger charge is 2.10. The van der Waals surface area contributed by atoms with Gasteiger partial charge in [-0.05, 0) is 36.4 Å². The van der Waals surface area contributed by atoms with Crippen LogP contribution in [0.15, 0.2) is 34.7 Å². The monoisotopic (exact) mass is 275 g/mol. The van der Waals surface area contributed by atoms with Crippen molar-refractivity contribution in [3.63, 3.8) is 0 Å². The molecule has 0 spiro atoms. The number of carbonyl (C=O) groups excluding carboxylic acids is 1. The molecule has 4 heteroatoms. The Kier molecular flexibility index (Phi) is 6.76. The van der Waals surface area contributed by atoms with Crippen molar-refractivity contribution in [2.75, 3.05) is 12.9 Å². The first kappa shape index (κ1) is 15.3. The number of nitriles is 1. The van der Waals surface area contributed by atoms with Crippen LogP contribution >= 0.6 is 11.8 Å². The average molecular weight is 275 g/mol. The molecule has 19 heavy (non-hydrogen) atoms. The summed E-state index contributed by atoms with van der Waals surface area (Å²) in [7, 11) is 0. The summed E-state index contributed by atoms with van der Waals surface area (Å²) >= 11 is 1.64. The van der Waals surface area contributed by atoms with Gasteiger partial charge < -0.3 is 4.74 Å². The number of rotatable bonds is 6. The second-order valence-corrected chi connectivity index (χ2v) is 4.81. The van der Waals surface area contributed by atoms with Crippen molar-refractivity contribution in [3.8, 4) is 6.07 Å². The van der Waals surface area contributed by atoms with Gasteiger partial charge in [0.05, 0.1) is 6.61 Å². The highest BCUT2D eigenvalue weighted by molar-refractivity contribution is 7.98. The molecule has 0 amide bonds. The van der Waals surface area contributed by atoms with E-state index in [2.05, 4.69) is 0 Å². The molecular formula is C15H17NO2S. The summed E-state index contributed by atoms with van der Waals surface area (Å²) in [5.74, 6) is -0.551. The van der Waals surface area contributed by atoms with Crippen molar-refractivity contribution in [3.05, 3.63) is 35.4 Å². The maximum absolute atomic E-state index is 11.7. The summed E-state index contributed by atoms with van der Waals surface area (Å²) in [5.41, 5.74) is 0.856. The number of unbranched alkanes of at least 4 members (excludes halogenated alkanes) is 1. The van der Waals surface area contributed by atoms with Crippen LogP contribution in [-0.2, 0) is 9.53 Å². The van der Waals surface area contributed by atoms with E-state index in [1.807, 2.05) is 43.5 Å². The lowest BCUT2D eigenvalue weighted by Crippen LogP contribution is -2.07. The molecule has 0 radical (unpaired) electrons. The van der Waals surface area contributed by atoms with Crippen molar-refractivity contribution < 1.29 is 9.53 Å². The summed E-state index contributed by atoms with van der Waals surface area (Å²) in [6.07, 6.45) is 5.32. The summed E-state index contributed by atoms with van der Waals surface area (Å²) in [4.78, 5) is 12.8. The van der Waals surface area contributed by atoms with Gasteiger partial charge in [0.2, 0.25) is 0 Å². The van der Waals surface area contributed by atoms with E-state index in [-0.39, 0.29) is 5.57 Å². The zero-order valence-corrected chi connectivity index (χ0v) is 12.0. The first-order valence-corrected chi connectivity index (χ1v) is 7.36. The van der Waals surface area contributed by atoms with Crippen molar-refractivity contribution in [2.24, 2.45) is 0 Å². The van der Waals surface area contributed by atoms with E-state index in [4.69, 9.17) is 10.00 Å². The Bertz CT molecular complexity index is 486. The lowest BCUT2D eigenvalue weighted by atomic mass is 10.1. The Labute approximate surface area is 118 Å². The number of carbonyl (C=O) groups is 1. The molecule has 1 rings (SSSR count). The molecular weight excluding hydrogens is 258 g/mol. The molecule has 1 aromatic carbocycles. The van der Waals surface area contributed by atoms with E-state index in [0.29, 0.717) is 6.61 Å². The van der Waals surface area contributed by atoms with Crippen LogP contribution in [0.1, 0.15) is 25.3 Å². The predicted octanol–water partition coefficient (Wildman–Crippen LogP) is 3.66. The first-order valence-electron chi connectivity index (χ1n) is 6.14. The van der Waals surface area contributed by atoms with Crippen molar-refractivity contribution >= 4 is 23.8 Å². The second-order valence-electron chi connectivity index (χ2n) is 3.93. The Morgan fingerprint density at radius 3 is 2.63 bits per heavy atom. The normalized spacial score (nSPS) is 10.9. The van der Waals surface area contributed by atoms with Gasteiger partial charge in [-0.2, -0.15) is 5.26 Å². The Balaban J connectivity index is 2.75. The van der Waals surface area contributed by atoms with Crippen molar-refractivity contribution in [2.45, 2.75) is 24.7 Å². The van der Waals surface area contributed by atoms with Crippen LogP contribution in [0.25, 0.3) is 6.08 Å².